The van der Waals surface area contributed by atoms with Gasteiger partial charge in [-0.25, -0.2) is 0 Å². The molecule has 2 aromatic carbocycles. The van der Waals surface area contributed by atoms with E-state index in [2.05, 4.69) is 48.2 Å². The fourth-order valence-corrected chi connectivity index (χ4v) is 3.42. The molecule has 0 unspecified atom stereocenters. The van der Waals surface area contributed by atoms with Gasteiger partial charge in [0.15, 0.2) is 0 Å². The van der Waals surface area contributed by atoms with Crippen LogP contribution in [0.2, 0.25) is 0 Å². The minimum atomic E-state index is 0.800. The molecule has 0 amide bonds. The van der Waals surface area contributed by atoms with Crippen LogP contribution >= 0.6 is 0 Å². The summed E-state index contributed by atoms with van der Waals surface area (Å²) in [5.74, 6) is 0.800. The van der Waals surface area contributed by atoms with Crippen molar-refractivity contribution in [3.8, 4) is 0 Å². The number of hydrogen-bond donors (Lipinski definition) is 1. The fraction of sp³-hybridized carbons (Fsp3) is 0.368. The highest BCUT2D eigenvalue weighted by molar-refractivity contribution is 5.71. The van der Waals surface area contributed by atoms with E-state index in [1.54, 1.807) is 0 Å². The highest BCUT2D eigenvalue weighted by atomic mass is 15.1. The van der Waals surface area contributed by atoms with Gasteiger partial charge in [0.1, 0.15) is 0 Å². The first kappa shape index (κ1) is 14.0. The molecule has 1 aliphatic heterocycles. The van der Waals surface area contributed by atoms with Gasteiger partial charge in [0.25, 0.3) is 0 Å². The molecular formula is C19H24N2. The predicted octanol–water partition coefficient (Wildman–Crippen LogP) is 4.04. The van der Waals surface area contributed by atoms with Gasteiger partial charge in [0.2, 0.25) is 0 Å². The molecule has 0 bridgehead atoms. The van der Waals surface area contributed by atoms with Crippen molar-refractivity contribution in [3.63, 3.8) is 0 Å². The van der Waals surface area contributed by atoms with Gasteiger partial charge < -0.3 is 10.6 Å². The molecule has 2 aromatic rings. The number of rotatable bonds is 3. The number of nitrogens with zero attached hydrogens (tertiary/aromatic N) is 1. The molecule has 2 nitrogen and oxygen atoms in total. The Kier molecular flexibility index (Phi) is 4.14. The molecule has 1 fully saturated rings. The molecule has 3 rings (SSSR count). The zero-order valence-electron chi connectivity index (χ0n) is 12.8. The van der Waals surface area contributed by atoms with Gasteiger partial charge in [0, 0.05) is 13.1 Å². The minimum absolute atomic E-state index is 0.800. The first-order chi connectivity index (χ1) is 10.2. The fourth-order valence-electron chi connectivity index (χ4n) is 3.42. The zero-order chi connectivity index (χ0) is 14.7. The van der Waals surface area contributed by atoms with E-state index in [0.29, 0.717) is 0 Å². The van der Waals surface area contributed by atoms with Gasteiger partial charge in [-0.15, -0.1) is 0 Å². The molecule has 0 radical (unpaired) electrons. The molecule has 1 aliphatic rings. The third-order valence-corrected chi connectivity index (χ3v) is 4.57. The monoisotopic (exact) mass is 280 g/mol. The first-order valence-corrected chi connectivity index (χ1v) is 7.88. The van der Waals surface area contributed by atoms with Crippen molar-refractivity contribution in [1.29, 1.82) is 0 Å². The Morgan fingerprint density at radius 3 is 2.38 bits per heavy atom. The number of nitrogens with two attached hydrogens (primary N) is 1. The Bertz CT molecular complexity index is 564. The van der Waals surface area contributed by atoms with Crippen LogP contribution in [0.1, 0.15) is 24.0 Å². The summed E-state index contributed by atoms with van der Waals surface area (Å²) in [6.07, 6.45) is 3.71. The number of benzene rings is 2. The van der Waals surface area contributed by atoms with Crippen molar-refractivity contribution in [2.24, 2.45) is 5.92 Å². The quantitative estimate of drug-likeness (QED) is 0.860. The highest BCUT2D eigenvalue weighted by Gasteiger charge is 2.21. The largest absolute Gasteiger partial charge is 0.397 e. The van der Waals surface area contributed by atoms with Crippen LogP contribution in [0, 0.1) is 12.8 Å². The lowest BCUT2D eigenvalue weighted by Gasteiger charge is -2.35. The normalized spacial score (nSPS) is 16.1. The van der Waals surface area contributed by atoms with Crippen molar-refractivity contribution in [1.82, 2.24) is 0 Å². The van der Waals surface area contributed by atoms with Crippen LogP contribution in [-0.2, 0) is 6.42 Å². The van der Waals surface area contributed by atoms with E-state index in [0.717, 1.165) is 24.7 Å². The Labute approximate surface area is 127 Å². The van der Waals surface area contributed by atoms with Crippen molar-refractivity contribution in [2.75, 3.05) is 23.7 Å². The second-order valence-corrected chi connectivity index (χ2v) is 6.13. The number of hydrogen-bond acceptors (Lipinski definition) is 2. The highest BCUT2D eigenvalue weighted by Crippen LogP contribution is 2.31. The van der Waals surface area contributed by atoms with Crippen LogP contribution in [0.25, 0.3) is 0 Å². The molecular weight excluding hydrogens is 256 g/mol. The van der Waals surface area contributed by atoms with E-state index < -0.39 is 0 Å². The summed E-state index contributed by atoms with van der Waals surface area (Å²) in [5, 5.41) is 0. The maximum Gasteiger partial charge on any atom is 0.0629 e. The third-order valence-electron chi connectivity index (χ3n) is 4.57. The van der Waals surface area contributed by atoms with E-state index in [1.165, 1.54) is 36.1 Å². The molecule has 110 valence electrons. The molecule has 0 aromatic heterocycles. The van der Waals surface area contributed by atoms with Gasteiger partial charge >= 0.3 is 0 Å². The van der Waals surface area contributed by atoms with E-state index in [4.69, 9.17) is 5.73 Å². The van der Waals surface area contributed by atoms with E-state index in [-0.39, 0.29) is 0 Å². The van der Waals surface area contributed by atoms with Gasteiger partial charge in [-0.2, -0.15) is 0 Å². The summed E-state index contributed by atoms with van der Waals surface area (Å²) in [5.41, 5.74) is 11.1. The summed E-state index contributed by atoms with van der Waals surface area (Å²) in [6.45, 7) is 4.39. The molecule has 0 saturated carbocycles. The molecule has 1 heterocycles. The van der Waals surface area contributed by atoms with Gasteiger partial charge in [0.05, 0.1) is 11.4 Å². The molecule has 1 saturated heterocycles. The van der Waals surface area contributed by atoms with Crippen molar-refractivity contribution < 1.29 is 0 Å². The van der Waals surface area contributed by atoms with Gasteiger partial charge in [-0.05, 0) is 49.3 Å². The number of piperidine rings is 1. The molecule has 0 aliphatic carbocycles. The lowest BCUT2D eigenvalue weighted by Crippen LogP contribution is -2.35. The summed E-state index contributed by atoms with van der Waals surface area (Å²) >= 11 is 0. The van der Waals surface area contributed by atoms with Crippen LogP contribution in [0.3, 0.4) is 0 Å². The minimum Gasteiger partial charge on any atom is -0.397 e. The molecule has 0 atom stereocenters. The number of nitrogen functional groups attached to an aromatic ring is 1. The summed E-state index contributed by atoms with van der Waals surface area (Å²) in [7, 11) is 0. The SMILES string of the molecule is Cc1cccc(N)c1N1CCC(Cc2ccccc2)CC1. The lowest BCUT2D eigenvalue weighted by molar-refractivity contribution is 0.403. The van der Waals surface area contributed by atoms with Crippen LogP contribution < -0.4 is 10.6 Å². The van der Waals surface area contributed by atoms with E-state index in [1.807, 2.05) is 12.1 Å². The molecule has 2 N–H and O–H groups in total. The van der Waals surface area contributed by atoms with Crippen LogP contribution in [0.5, 0.6) is 0 Å². The van der Waals surface area contributed by atoms with Crippen LogP contribution in [-0.4, -0.2) is 13.1 Å². The Hall–Kier alpha value is -1.96. The van der Waals surface area contributed by atoms with E-state index >= 15 is 0 Å². The van der Waals surface area contributed by atoms with Crippen LogP contribution in [0.15, 0.2) is 48.5 Å². The Morgan fingerprint density at radius 1 is 1.00 bits per heavy atom. The van der Waals surface area contributed by atoms with Crippen molar-refractivity contribution in [3.05, 3.63) is 59.7 Å². The Balaban J connectivity index is 1.63. The van der Waals surface area contributed by atoms with Gasteiger partial charge in [-0.1, -0.05) is 42.5 Å². The van der Waals surface area contributed by atoms with E-state index in [9.17, 15) is 0 Å². The first-order valence-electron chi connectivity index (χ1n) is 7.88. The standard InChI is InChI=1S/C19H24N2/c1-15-6-5-9-18(20)19(15)21-12-10-17(11-13-21)14-16-7-3-2-4-8-16/h2-9,17H,10-14,20H2,1H3. The van der Waals surface area contributed by atoms with Gasteiger partial charge in [-0.3, -0.25) is 0 Å². The molecule has 2 heteroatoms. The Morgan fingerprint density at radius 2 is 1.71 bits per heavy atom. The average Bonchev–Trinajstić information content (AvgIpc) is 2.50. The van der Waals surface area contributed by atoms with Crippen molar-refractivity contribution >= 4 is 11.4 Å². The molecule has 21 heavy (non-hydrogen) atoms. The maximum absolute atomic E-state index is 6.17. The topological polar surface area (TPSA) is 29.3 Å². The maximum atomic E-state index is 6.17. The summed E-state index contributed by atoms with van der Waals surface area (Å²) < 4.78 is 0. The smallest absolute Gasteiger partial charge is 0.0629 e. The second-order valence-electron chi connectivity index (χ2n) is 6.13. The average molecular weight is 280 g/mol. The third kappa shape index (κ3) is 3.21. The van der Waals surface area contributed by atoms with Crippen molar-refractivity contribution in [2.45, 2.75) is 26.2 Å². The number of aryl methyl sites for hydroxylation is 1. The predicted molar refractivity (Wildman–Crippen MR) is 90.7 cm³/mol. The van der Waals surface area contributed by atoms with Crippen LogP contribution in [0.4, 0.5) is 11.4 Å². The lowest BCUT2D eigenvalue weighted by atomic mass is 9.89. The summed E-state index contributed by atoms with van der Waals surface area (Å²) in [4.78, 5) is 2.46. The second kappa shape index (κ2) is 6.21. The summed E-state index contributed by atoms with van der Waals surface area (Å²) in [6, 6.07) is 17.1. The zero-order valence-corrected chi connectivity index (χ0v) is 12.8. The number of anilines is 2. The molecule has 0 spiro atoms. The number of para-hydroxylation sites is 1.